The fourth-order valence-electron chi connectivity index (χ4n) is 9.14. The number of nitrogens with zero attached hydrogens (tertiary/aromatic N) is 3. The number of aryl methyl sites for hydroxylation is 1. The van der Waals surface area contributed by atoms with E-state index >= 15 is 13.6 Å². The van der Waals surface area contributed by atoms with Crippen LogP contribution in [0.5, 0.6) is 11.8 Å². The van der Waals surface area contributed by atoms with Crippen molar-refractivity contribution in [3.63, 3.8) is 0 Å². The van der Waals surface area contributed by atoms with Crippen molar-refractivity contribution < 1.29 is 51.0 Å². The van der Waals surface area contributed by atoms with Crippen LogP contribution in [0.25, 0.3) is 10.8 Å². The fourth-order valence-corrected chi connectivity index (χ4v) is 10.5. The van der Waals surface area contributed by atoms with Gasteiger partial charge in [-0.2, -0.15) is 4.98 Å². The number of amides is 4. The van der Waals surface area contributed by atoms with Gasteiger partial charge in [0.2, 0.25) is 33.6 Å². The van der Waals surface area contributed by atoms with Gasteiger partial charge in [0.1, 0.15) is 29.3 Å². The Kier molecular flexibility index (Phi) is 11.4. The van der Waals surface area contributed by atoms with Crippen molar-refractivity contribution in [2.75, 3.05) is 13.2 Å². The molecule has 1 aromatic carbocycles. The molecular weight excluding hydrogens is 801 g/mol. The minimum absolute atomic E-state index is 0.0894. The van der Waals surface area contributed by atoms with Crippen LogP contribution in [0.15, 0.2) is 36.4 Å². The molecule has 60 heavy (non-hydrogen) atoms. The van der Waals surface area contributed by atoms with E-state index in [0.717, 1.165) is 37.6 Å². The number of rotatable bonds is 9. The lowest BCUT2D eigenvalue weighted by molar-refractivity contribution is -0.157. The molecule has 0 spiro atoms. The smallest absolute Gasteiger partial charge is 0.408 e. The number of hydrogen-bond donors (Lipinski definition) is 3. The molecular formula is C43H57F2N5O9S. The van der Waals surface area contributed by atoms with Crippen LogP contribution < -0.4 is 19.5 Å². The summed E-state index contributed by atoms with van der Waals surface area (Å²) in [6.07, 6.45) is 5.02. The van der Waals surface area contributed by atoms with E-state index in [1.807, 2.05) is 37.3 Å². The van der Waals surface area contributed by atoms with Crippen LogP contribution >= 0.6 is 0 Å². The molecule has 7 rings (SSSR count). The van der Waals surface area contributed by atoms with Crippen molar-refractivity contribution in [1.82, 2.24) is 24.8 Å². The molecule has 14 nitrogen and oxygen atoms in total. The summed E-state index contributed by atoms with van der Waals surface area (Å²) in [7, 11) is -4.09. The van der Waals surface area contributed by atoms with Gasteiger partial charge < -0.3 is 24.8 Å². The van der Waals surface area contributed by atoms with Crippen LogP contribution in [0, 0.1) is 17.8 Å². The van der Waals surface area contributed by atoms with E-state index in [1.54, 1.807) is 19.9 Å². The summed E-state index contributed by atoms with van der Waals surface area (Å²) in [5, 5.41) is 15.1. The van der Waals surface area contributed by atoms with Crippen molar-refractivity contribution >= 4 is 44.6 Å². The third kappa shape index (κ3) is 7.90. The maximum Gasteiger partial charge on any atom is 0.408 e. The number of nitrogens with one attached hydrogen (secondary N) is 2. The van der Waals surface area contributed by atoms with Crippen LogP contribution in [0.3, 0.4) is 0 Å². The molecule has 2 saturated carbocycles. The van der Waals surface area contributed by atoms with Crippen molar-refractivity contribution in [1.29, 1.82) is 0 Å². The average molecular weight is 858 g/mol. The number of alkyl halides is 2. The number of hydrogen-bond acceptors (Lipinski definition) is 9. The van der Waals surface area contributed by atoms with E-state index in [9.17, 15) is 27.9 Å². The minimum atomic E-state index is -4.09. The van der Waals surface area contributed by atoms with E-state index in [4.69, 9.17) is 14.5 Å². The highest BCUT2D eigenvalue weighted by atomic mass is 32.2. The Balaban J connectivity index is 1.31. The SMILES string of the molecule is CC[C@@H]1C[C@H](C)CCC=C[C@@H]2C[C@@]2(C(=O)NS(=O)(=O)C2(C)CC2)NC(=O)[C@@H]2C[C@@H](Oc3nc4c(c5ccccc35)CCCO4)CN2C(=O)[C@H]1N(C(=O)O)C(C)(C)C(C)(F)F. The molecule has 3 fully saturated rings. The molecule has 0 radical (unpaired) electrons. The Morgan fingerprint density at radius 1 is 1.15 bits per heavy atom. The van der Waals surface area contributed by atoms with E-state index in [0.29, 0.717) is 61.8 Å². The quantitative estimate of drug-likeness (QED) is 0.254. The lowest BCUT2D eigenvalue weighted by Gasteiger charge is -2.47. The first-order chi connectivity index (χ1) is 28.1. The molecule has 5 aliphatic rings. The molecule has 4 amide bonds. The number of carbonyl (C=O) groups excluding carboxylic acids is 3. The maximum atomic E-state index is 15.5. The van der Waals surface area contributed by atoms with Crippen LogP contribution in [-0.4, -0.2) is 105 Å². The third-order valence-electron chi connectivity index (χ3n) is 13.8. The highest BCUT2D eigenvalue weighted by Crippen LogP contribution is 2.48. The highest BCUT2D eigenvalue weighted by Gasteiger charge is 2.63. The first-order valence-corrected chi connectivity index (χ1v) is 22.6. The summed E-state index contributed by atoms with van der Waals surface area (Å²) >= 11 is 0. The largest absolute Gasteiger partial charge is 0.477 e. The molecule has 1 aromatic heterocycles. The topological polar surface area (TPSA) is 185 Å². The molecule has 3 aliphatic heterocycles. The Bertz CT molecular complexity index is 2190. The molecule has 2 aromatic rings. The van der Waals surface area contributed by atoms with Crippen LogP contribution in [-0.2, 0) is 30.8 Å². The van der Waals surface area contributed by atoms with E-state index in [-0.39, 0.29) is 37.6 Å². The Hall–Kier alpha value is -4.54. The zero-order valence-corrected chi connectivity index (χ0v) is 35.9. The summed E-state index contributed by atoms with van der Waals surface area (Å²) in [5.74, 6) is -6.90. The second-order valence-electron chi connectivity index (χ2n) is 18.4. The van der Waals surface area contributed by atoms with Crippen molar-refractivity contribution in [3.05, 3.63) is 42.0 Å². The Labute approximate surface area is 349 Å². The second kappa shape index (κ2) is 15.7. The number of halogens is 2. The van der Waals surface area contributed by atoms with Crippen molar-refractivity contribution in [2.45, 2.75) is 146 Å². The molecule has 17 heteroatoms. The lowest BCUT2D eigenvalue weighted by atomic mass is 9.81. The van der Waals surface area contributed by atoms with Gasteiger partial charge in [0.05, 0.1) is 17.9 Å². The van der Waals surface area contributed by atoms with Gasteiger partial charge in [-0.1, -0.05) is 50.6 Å². The molecule has 4 heterocycles. The molecule has 0 bridgehead atoms. The van der Waals surface area contributed by atoms with Gasteiger partial charge in [-0.15, -0.1) is 0 Å². The predicted molar refractivity (Wildman–Crippen MR) is 218 cm³/mol. The zero-order chi connectivity index (χ0) is 43.6. The molecule has 1 saturated heterocycles. The molecule has 2 aliphatic carbocycles. The number of sulfonamides is 1. The van der Waals surface area contributed by atoms with Crippen molar-refractivity contribution in [3.8, 4) is 11.8 Å². The summed E-state index contributed by atoms with van der Waals surface area (Å²) < 4.78 is 71.2. The number of carbonyl (C=O) groups is 4. The van der Waals surface area contributed by atoms with Gasteiger partial charge in [0.15, 0.2) is 0 Å². The number of carboxylic acid groups (broad SMARTS) is 1. The summed E-state index contributed by atoms with van der Waals surface area (Å²) in [6, 6.07) is 4.48. The number of fused-ring (bicyclic) bond motifs is 5. The van der Waals surface area contributed by atoms with Gasteiger partial charge >= 0.3 is 6.09 Å². The monoisotopic (exact) mass is 857 g/mol. The van der Waals surface area contributed by atoms with Gasteiger partial charge in [-0.05, 0) is 95.4 Å². The number of benzene rings is 1. The van der Waals surface area contributed by atoms with Crippen LogP contribution in [0.2, 0.25) is 0 Å². The minimum Gasteiger partial charge on any atom is -0.477 e. The summed E-state index contributed by atoms with van der Waals surface area (Å²) in [5.41, 5.74) is -3.10. The highest BCUT2D eigenvalue weighted by molar-refractivity contribution is 7.91. The van der Waals surface area contributed by atoms with Crippen molar-refractivity contribution in [2.24, 2.45) is 17.8 Å². The van der Waals surface area contributed by atoms with Crippen LogP contribution in [0.4, 0.5) is 13.6 Å². The number of ether oxygens (including phenoxy) is 2. The van der Waals surface area contributed by atoms with E-state index in [2.05, 4.69) is 10.0 Å². The normalized spacial score (nSPS) is 29.4. The Morgan fingerprint density at radius 2 is 1.85 bits per heavy atom. The Morgan fingerprint density at radius 3 is 2.50 bits per heavy atom. The number of pyridine rings is 1. The standard InChI is InChI=1S/C43H57F2N5O9S/c1-7-26-21-25(2)13-8-9-14-27-23-43(27,38(53)48-60(56,57)41(5)18-19-41)47-34(51)32-22-28(24-49(32)37(52)33(26)50(39(54)55)40(3,4)42(6,44)45)59-36-31-16-11-10-15-29(31)30-17-12-20-58-35(30)46-36/h9-11,14-16,25-28,32-33H,7-8,12-13,17-24H2,1-6H3,(H,47,51)(H,48,53)(H,54,55)/t25-,26-,27-,28-,32+,33+,43-/m1/s1. The fraction of sp³-hybridized carbons (Fsp3) is 0.651. The zero-order valence-electron chi connectivity index (χ0n) is 35.1. The summed E-state index contributed by atoms with van der Waals surface area (Å²) in [4.78, 5) is 63.9. The maximum absolute atomic E-state index is 15.5. The first-order valence-electron chi connectivity index (χ1n) is 21.1. The molecule has 328 valence electrons. The molecule has 7 atom stereocenters. The van der Waals surface area contributed by atoms with Gasteiger partial charge in [0, 0.05) is 30.2 Å². The van der Waals surface area contributed by atoms with Crippen LogP contribution in [0.1, 0.15) is 105 Å². The van der Waals surface area contributed by atoms with Gasteiger partial charge in [-0.3, -0.25) is 24.0 Å². The molecule has 3 N–H and O–H groups in total. The average Bonchev–Trinajstić information content (AvgIpc) is 4.07. The predicted octanol–water partition coefficient (Wildman–Crippen LogP) is 5.97. The number of aromatic nitrogens is 1. The lowest BCUT2D eigenvalue weighted by Crippen LogP contribution is -2.67. The van der Waals surface area contributed by atoms with E-state index < -0.39 is 85.6 Å². The third-order valence-corrected chi connectivity index (χ3v) is 15.9. The van der Waals surface area contributed by atoms with E-state index in [1.165, 1.54) is 4.90 Å². The molecule has 0 unspecified atom stereocenters. The summed E-state index contributed by atoms with van der Waals surface area (Å²) in [6.45, 7) is 8.29. The van der Waals surface area contributed by atoms with Gasteiger partial charge in [0.25, 0.3) is 11.8 Å². The second-order valence-corrected chi connectivity index (χ2v) is 20.6. The van der Waals surface area contributed by atoms with Gasteiger partial charge in [-0.25, -0.2) is 22.0 Å². The number of allylic oxidation sites excluding steroid dienone is 1. The first kappa shape index (κ1) is 43.5.